The number of quaternary nitrogens is 1. The molecule has 0 aliphatic carbocycles. The Morgan fingerprint density at radius 1 is 0.591 bits per heavy atom. The minimum absolute atomic E-state index is 0. The summed E-state index contributed by atoms with van der Waals surface area (Å²) in [7, 11) is 4.44. The Morgan fingerprint density at radius 3 is 1.32 bits per heavy atom. The minimum Gasteiger partial charge on any atom is -0.391 e. The fourth-order valence-electron chi connectivity index (χ4n) is 3.12. The van der Waals surface area contributed by atoms with E-state index in [1.54, 1.807) is 0 Å². The predicted molar refractivity (Wildman–Crippen MR) is 101 cm³/mol. The lowest BCUT2D eigenvalue weighted by Crippen LogP contribution is -2.42. The molecule has 0 radical (unpaired) electrons. The smallest absolute Gasteiger partial charge is 0.391 e. The molecule has 0 fully saturated rings. The Labute approximate surface area is 143 Å². The summed E-state index contributed by atoms with van der Waals surface area (Å²) in [6, 6.07) is 0. The van der Waals surface area contributed by atoms with Crippen molar-refractivity contribution >= 4 is 0 Å². The molecule has 0 rings (SSSR count). The number of unbranched alkanes of at least 4 members (excludes halogenated alkanes) is 13. The van der Waals surface area contributed by atoms with E-state index >= 15 is 0 Å². The van der Waals surface area contributed by atoms with Crippen LogP contribution in [0.5, 0.6) is 0 Å². The molecule has 0 aliphatic rings. The second-order valence-electron chi connectivity index (χ2n) is 7.70. The molecule has 2 heteroatoms. The summed E-state index contributed by atoms with van der Waals surface area (Å²) in [5.41, 5.74) is 0. The van der Waals surface area contributed by atoms with Crippen LogP contribution in [-0.2, 0) is 0 Å². The first-order valence-corrected chi connectivity index (χ1v) is 10.1. The lowest BCUT2D eigenvalue weighted by Gasteiger charge is -2.28. The largest absolute Gasteiger partial charge is 1.00 e. The van der Waals surface area contributed by atoms with Crippen molar-refractivity contribution in [2.45, 2.75) is 96.8 Å². The molecule has 0 bridgehead atoms. The second kappa shape index (κ2) is 15.8. The number of aliphatic hydroxyl groups excluding tert-OH is 1. The molecule has 1 N–H and O–H groups in total. The number of rotatable bonds is 17. The average molecular weight is 317 g/mol. The van der Waals surface area contributed by atoms with Crippen LogP contribution in [0.25, 0.3) is 0 Å². The highest BCUT2D eigenvalue weighted by molar-refractivity contribution is 4.49. The van der Waals surface area contributed by atoms with Gasteiger partial charge in [-0.2, -0.15) is 0 Å². The van der Waals surface area contributed by atoms with Crippen molar-refractivity contribution in [2.24, 2.45) is 0 Å². The molecule has 0 unspecified atom stereocenters. The molecule has 0 aromatic heterocycles. The highest BCUT2D eigenvalue weighted by Gasteiger charge is 2.12. The van der Waals surface area contributed by atoms with E-state index in [0.717, 1.165) is 11.0 Å². The number of hydrogen-bond acceptors (Lipinski definition) is 1. The molecule has 0 aromatic carbocycles. The normalized spacial score (nSPS) is 12.0. The fourth-order valence-corrected chi connectivity index (χ4v) is 3.12. The van der Waals surface area contributed by atoms with Gasteiger partial charge in [0.1, 0.15) is 6.54 Å². The molecule has 0 aliphatic heterocycles. The van der Waals surface area contributed by atoms with E-state index in [9.17, 15) is 0 Å². The first-order valence-electron chi connectivity index (χ1n) is 10.1. The summed E-state index contributed by atoms with van der Waals surface area (Å²) >= 11 is 0. The highest BCUT2D eigenvalue weighted by Crippen LogP contribution is 2.13. The van der Waals surface area contributed by atoms with Gasteiger partial charge >= 0.3 is 2.85 Å². The maximum atomic E-state index is 9.00. The van der Waals surface area contributed by atoms with Crippen LogP contribution in [0.4, 0.5) is 0 Å². The lowest BCUT2D eigenvalue weighted by atomic mass is 10.0. The van der Waals surface area contributed by atoms with Crippen LogP contribution in [-0.4, -0.2) is 43.4 Å². The zero-order chi connectivity index (χ0) is 16.5. The number of nitrogens with zero attached hydrogens (tertiary/aromatic N) is 1. The van der Waals surface area contributed by atoms with Gasteiger partial charge in [-0.1, -0.05) is 84.0 Å². The number of likely N-dealkylation sites (N-methyl/N-ethyl adjacent to an activating group) is 1. The third-order valence-corrected chi connectivity index (χ3v) is 4.82. The van der Waals surface area contributed by atoms with Crippen LogP contribution in [0.2, 0.25) is 0 Å². The summed E-state index contributed by atoms with van der Waals surface area (Å²) in [6.07, 6.45) is 19.9. The van der Waals surface area contributed by atoms with Crippen LogP contribution in [0, 0.1) is 0 Å². The average Bonchev–Trinajstić information content (AvgIpc) is 2.47. The summed E-state index contributed by atoms with van der Waals surface area (Å²) in [6.45, 7) is 4.69. The summed E-state index contributed by atoms with van der Waals surface area (Å²) in [5.74, 6) is 0. The van der Waals surface area contributed by atoms with Gasteiger partial charge in [0.05, 0.1) is 27.2 Å². The third kappa shape index (κ3) is 16.3. The van der Waals surface area contributed by atoms with Crippen LogP contribution in [0.15, 0.2) is 0 Å². The van der Waals surface area contributed by atoms with Crippen LogP contribution in [0.1, 0.15) is 99.7 Å². The van der Waals surface area contributed by atoms with Gasteiger partial charge in [0.2, 0.25) is 0 Å². The Hall–Kier alpha value is -0.0800. The molecule has 0 aromatic rings. The van der Waals surface area contributed by atoms with E-state index in [2.05, 4.69) is 21.0 Å². The van der Waals surface area contributed by atoms with Gasteiger partial charge in [0.25, 0.3) is 0 Å². The van der Waals surface area contributed by atoms with Crippen LogP contribution in [0.3, 0.4) is 0 Å². The van der Waals surface area contributed by atoms with Crippen LogP contribution < -0.4 is 0 Å². The van der Waals surface area contributed by atoms with Crippen molar-refractivity contribution in [2.75, 3.05) is 33.8 Å². The number of aliphatic hydroxyl groups is 1. The molecular weight excluding hydrogens is 270 g/mol. The molecule has 22 heavy (non-hydrogen) atoms. The van der Waals surface area contributed by atoms with E-state index in [-0.39, 0.29) is 2.85 Å². The van der Waals surface area contributed by atoms with E-state index in [1.807, 2.05) is 0 Å². The Bertz CT molecular complexity index is 226. The van der Waals surface area contributed by atoms with Crippen molar-refractivity contribution in [3.63, 3.8) is 0 Å². The summed E-state index contributed by atoms with van der Waals surface area (Å²) in [4.78, 5) is 0. The molecule has 0 amide bonds. The molecule has 0 spiro atoms. The van der Waals surface area contributed by atoms with E-state index in [1.165, 1.54) is 96.4 Å². The minimum atomic E-state index is 0. The van der Waals surface area contributed by atoms with Gasteiger partial charge in [0.15, 0.2) is 0 Å². The van der Waals surface area contributed by atoms with E-state index in [0.29, 0.717) is 6.61 Å². The summed E-state index contributed by atoms with van der Waals surface area (Å²) in [5, 5.41) is 9.00. The van der Waals surface area contributed by atoms with Crippen molar-refractivity contribution in [1.29, 1.82) is 0 Å². The Kier molecular flexibility index (Phi) is 15.7. The zero-order valence-corrected chi connectivity index (χ0v) is 15.9. The van der Waals surface area contributed by atoms with Gasteiger partial charge in [-0.3, -0.25) is 0 Å². The Morgan fingerprint density at radius 2 is 0.955 bits per heavy atom. The monoisotopic (exact) mass is 316 g/mol. The highest BCUT2D eigenvalue weighted by atomic mass is 16.3. The van der Waals surface area contributed by atoms with Gasteiger partial charge in [-0.05, 0) is 12.8 Å². The lowest BCUT2D eigenvalue weighted by molar-refractivity contribution is -0.890. The topological polar surface area (TPSA) is 20.2 Å². The molecule has 134 valence electrons. The Balaban J connectivity index is -0.00000220. The predicted octanol–water partition coefficient (Wildman–Crippen LogP) is 5.76. The van der Waals surface area contributed by atoms with Gasteiger partial charge in [-0.15, -0.1) is 0 Å². The molecule has 0 atom stereocenters. The standard InChI is InChI=1S/C20H44NO/c1-4-5-6-7-8-9-10-11-12-13-14-15-16-17-18-21(2,3)19-20-22/h22H,4-20H2,1-3H3/q+1/p+2. The third-order valence-electron chi connectivity index (χ3n) is 4.82. The van der Waals surface area contributed by atoms with Crippen molar-refractivity contribution in [1.82, 2.24) is 0 Å². The SMILES string of the molecule is CCCCCCCCCCCCCCCC[N+](C)(C)CCO.[H+].[H+]. The summed E-state index contributed by atoms with van der Waals surface area (Å²) < 4.78 is 0.967. The van der Waals surface area contributed by atoms with E-state index in [4.69, 9.17) is 5.11 Å². The molecule has 0 heterocycles. The molecule has 0 saturated heterocycles. The van der Waals surface area contributed by atoms with Gasteiger partial charge in [-0.25, -0.2) is 0 Å². The first-order chi connectivity index (χ1) is 10.6. The molecule has 0 saturated carbocycles. The quantitative estimate of drug-likeness (QED) is 0.267. The zero-order valence-electron chi connectivity index (χ0n) is 17.9. The maximum absolute atomic E-state index is 9.00. The van der Waals surface area contributed by atoms with Crippen molar-refractivity contribution < 1.29 is 12.4 Å². The fraction of sp³-hybridized carbons (Fsp3) is 1.00. The first kappa shape index (κ1) is 21.9. The van der Waals surface area contributed by atoms with Crippen molar-refractivity contribution in [3.05, 3.63) is 0 Å². The number of hydrogen-bond donors (Lipinski definition) is 1. The van der Waals surface area contributed by atoms with Gasteiger partial charge < -0.3 is 9.59 Å². The van der Waals surface area contributed by atoms with Gasteiger partial charge in [0, 0.05) is 0 Å². The second-order valence-corrected chi connectivity index (χ2v) is 7.70. The van der Waals surface area contributed by atoms with Crippen LogP contribution >= 0.6 is 0 Å². The maximum Gasteiger partial charge on any atom is 1.00 e. The van der Waals surface area contributed by atoms with E-state index < -0.39 is 0 Å². The molecule has 2 nitrogen and oxygen atoms in total. The molecular formula is C20H46NO+3. The van der Waals surface area contributed by atoms with Crippen molar-refractivity contribution in [3.8, 4) is 0 Å².